The van der Waals surface area contributed by atoms with Gasteiger partial charge in [-0.2, -0.15) is 0 Å². The molecule has 0 saturated heterocycles. The molecule has 0 bridgehead atoms. The van der Waals surface area contributed by atoms with Gasteiger partial charge in [-0.3, -0.25) is 0 Å². The number of hydrogen-bond donors (Lipinski definition) is 1. The summed E-state index contributed by atoms with van der Waals surface area (Å²) in [7, 11) is 0. The first-order valence-electron chi connectivity index (χ1n) is 7.29. The van der Waals surface area contributed by atoms with E-state index in [0.29, 0.717) is 12.1 Å². The van der Waals surface area contributed by atoms with E-state index in [2.05, 4.69) is 59.0 Å². The molecule has 1 aromatic carbocycles. The van der Waals surface area contributed by atoms with E-state index in [0.717, 1.165) is 0 Å². The van der Waals surface area contributed by atoms with Gasteiger partial charge in [-0.25, -0.2) is 0 Å². The molecular weight excluding hydrogens is 218 g/mol. The first kappa shape index (κ1) is 15.2. The van der Waals surface area contributed by atoms with Crippen molar-refractivity contribution in [2.45, 2.75) is 72.9 Å². The zero-order valence-corrected chi connectivity index (χ0v) is 12.9. The molecule has 0 aromatic heterocycles. The van der Waals surface area contributed by atoms with Crippen LogP contribution in [0.4, 0.5) is 0 Å². The summed E-state index contributed by atoms with van der Waals surface area (Å²) in [5, 5.41) is 3.72. The molecule has 0 spiro atoms. The zero-order valence-electron chi connectivity index (χ0n) is 12.9. The van der Waals surface area contributed by atoms with Crippen LogP contribution in [0.25, 0.3) is 0 Å². The average Bonchev–Trinajstić information content (AvgIpc) is 2.29. The lowest BCUT2D eigenvalue weighted by atomic mass is 9.92. The molecule has 18 heavy (non-hydrogen) atoms. The number of hydrogen-bond acceptors (Lipinski definition) is 1. The minimum absolute atomic E-state index is 0.504. The molecule has 0 fully saturated rings. The molecule has 0 heterocycles. The van der Waals surface area contributed by atoms with Crippen LogP contribution in [-0.2, 0) is 0 Å². The van der Waals surface area contributed by atoms with Crippen LogP contribution in [0, 0.1) is 20.8 Å². The van der Waals surface area contributed by atoms with E-state index >= 15 is 0 Å². The highest BCUT2D eigenvalue weighted by Crippen LogP contribution is 2.26. The number of rotatable bonds is 6. The molecule has 0 aliphatic carbocycles. The predicted molar refractivity (Wildman–Crippen MR) is 81.2 cm³/mol. The zero-order chi connectivity index (χ0) is 13.7. The monoisotopic (exact) mass is 247 g/mol. The van der Waals surface area contributed by atoms with Crippen molar-refractivity contribution in [1.29, 1.82) is 0 Å². The molecule has 0 aliphatic rings. The molecule has 1 N–H and O–H groups in total. The summed E-state index contributed by atoms with van der Waals surface area (Å²) >= 11 is 0. The Hall–Kier alpha value is -0.820. The van der Waals surface area contributed by atoms with Crippen molar-refractivity contribution in [1.82, 2.24) is 5.32 Å². The first-order valence-corrected chi connectivity index (χ1v) is 7.29. The Morgan fingerprint density at radius 3 is 2.17 bits per heavy atom. The van der Waals surface area contributed by atoms with Crippen molar-refractivity contribution >= 4 is 0 Å². The van der Waals surface area contributed by atoms with E-state index in [1.165, 1.54) is 41.5 Å². The third kappa shape index (κ3) is 4.13. The number of benzene rings is 1. The van der Waals surface area contributed by atoms with Gasteiger partial charge in [0, 0.05) is 12.1 Å². The fraction of sp³-hybridized carbons (Fsp3) is 0.647. The lowest BCUT2D eigenvalue weighted by Gasteiger charge is -2.24. The summed E-state index contributed by atoms with van der Waals surface area (Å²) in [6.07, 6.45) is 3.79. The predicted octanol–water partition coefficient (Wildman–Crippen LogP) is 4.84. The third-order valence-corrected chi connectivity index (χ3v) is 3.64. The van der Waals surface area contributed by atoms with E-state index in [1.54, 1.807) is 0 Å². The van der Waals surface area contributed by atoms with Crippen LogP contribution in [0.1, 0.15) is 68.3 Å². The molecule has 0 saturated carbocycles. The van der Waals surface area contributed by atoms with Crippen LogP contribution in [0.2, 0.25) is 0 Å². The Kier molecular flexibility index (Phi) is 5.87. The van der Waals surface area contributed by atoms with Gasteiger partial charge in [0.15, 0.2) is 0 Å². The van der Waals surface area contributed by atoms with Crippen molar-refractivity contribution in [3.05, 3.63) is 34.4 Å². The maximum absolute atomic E-state index is 3.72. The Balaban J connectivity index is 2.99. The summed E-state index contributed by atoms with van der Waals surface area (Å²) in [5.74, 6) is 0. The fourth-order valence-corrected chi connectivity index (χ4v) is 2.50. The molecule has 1 atom stereocenters. The second kappa shape index (κ2) is 6.94. The molecule has 1 rings (SSSR count). The van der Waals surface area contributed by atoms with Crippen molar-refractivity contribution in [2.75, 3.05) is 0 Å². The van der Waals surface area contributed by atoms with Crippen molar-refractivity contribution in [3.8, 4) is 0 Å². The summed E-state index contributed by atoms with van der Waals surface area (Å²) in [6, 6.07) is 5.74. The van der Waals surface area contributed by atoms with Crippen LogP contribution in [-0.4, -0.2) is 6.04 Å². The van der Waals surface area contributed by atoms with E-state index in [-0.39, 0.29) is 0 Å². The maximum Gasteiger partial charge on any atom is 0.0325 e. The van der Waals surface area contributed by atoms with E-state index < -0.39 is 0 Å². The summed E-state index contributed by atoms with van der Waals surface area (Å²) < 4.78 is 0. The van der Waals surface area contributed by atoms with Crippen LogP contribution in [0.15, 0.2) is 12.1 Å². The highest BCUT2D eigenvalue weighted by atomic mass is 14.9. The maximum atomic E-state index is 3.72. The Morgan fingerprint density at radius 1 is 1.00 bits per heavy atom. The highest BCUT2D eigenvalue weighted by molar-refractivity contribution is 5.38. The Labute approximate surface area is 113 Å². The molecule has 0 amide bonds. The standard InChI is InChI=1S/C17H29N/c1-7-8-9-17(18-12(2)3)16-11-14(5)13(4)10-15(16)6/h10-12,17-18H,7-9H2,1-6H3. The van der Waals surface area contributed by atoms with E-state index in [1.807, 2.05) is 0 Å². The normalized spacial score (nSPS) is 13.1. The van der Waals surface area contributed by atoms with Gasteiger partial charge in [-0.1, -0.05) is 45.7 Å². The minimum atomic E-state index is 0.504. The molecular formula is C17H29N. The van der Waals surface area contributed by atoms with E-state index in [4.69, 9.17) is 0 Å². The summed E-state index contributed by atoms with van der Waals surface area (Å²) in [4.78, 5) is 0. The lowest BCUT2D eigenvalue weighted by molar-refractivity contribution is 0.438. The van der Waals surface area contributed by atoms with Crippen molar-refractivity contribution in [3.63, 3.8) is 0 Å². The second-order valence-electron chi connectivity index (χ2n) is 5.81. The van der Waals surface area contributed by atoms with Gasteiger partial charge in [0.05, 0.1) is 0 Å². The number of unbranched alkanes of at least 4 members (excludes halogenated alkanes) is 1. The largest absolute Gasteiger partial charge is 0.308 e. The lowest BCUT2D eigenvalue weighted by Crippen LogP contribution is -2.28. The average molecular weight is 247 g/mol. The Bertz CT molecular complexity index is 379. The SMILES string of the molecule is CCCCC(NC(C)C)c1cc(C)c(C)cc1C. The quantitative estimate of drug-likeness (QED) is 0.758. The van der Waals surface area contributed by atoms with Crippen LogP contribution < -0.4 is 5.32 Å². The van der Waals surface area contributed by atoms with Gasteiger partial charge in [-0.15, -0.1) is 0 Å². The van der Waals surface area contributed by atoms with Gasteiger partial charge in [0.1, 0.15) is 0 Å². The van der Waals surface area contributed by atoms with Gasteiger partial charge in [-0.05, 0) is 49.4 Å². The van der Waals surface area contributed by atoms with Crippen LogP contribution in [0.5, 0.6) is 0 Å². The van der Waals surface area contributed by atoms with Crippen molar-refractivity contribution < 1.29 is 0 Å². The summed E-state index contributed by atoms with van der Waals surface area (Å²) in [6.45, 7) is 13.4. The van der Waals surface area contributed by atoms with Gasteiger partial charge >= 0.3 is 0 Å². The smallest absolute Gasteiger partial charge is 0.0325 e. The van der Waals surface area contributed by atoms with E-state index in [9.17, 15) is 0 Å². The van der Waals surface area contributed by atoms with Gasteiger partial charge < -0.3 is 5.32 Å². The molecule has 1 heteroatoms. The first-order chi connectivity index (χ1) is 8.45. The van der Waals surface area contributed by atoms with Gasteiger partial charge in [0.2, 0.25) is 0 Å². The molecule has 0 radical (unpaired) electrons. The second-order valence-corrected chi connectivity index (χ2v) is 5.81. The Morgan fingerprint density at radius 2 is 1.61 bits per heavy atom. The molecule has 1 unspecified atom stereocenters. The minimum Gasteiger partial charge on any atom is -0.308 e. The topological polar surface area (TPSA) is 12.0 Å². The molecule has 1 aromatic rings. The third-order valence-electron chi connectivity index (χ3n) is 3.64. The van der Waals surface area contributed by atoms with Crippen LogP contribution >= 0.6 is 0 Å². The number of nitrogens with one attached hydrogen (secondary N) is 1. The van der Waals surface area contributed by atoms with Crippen molar-refractivity contribution in [2.24, 2.45) is 0 Å². The fourth-order valence-electron chi connectivity index (χ4n) is 2.50. The van der Waals surface area contributed by atoms with Gasteiger partial charge in [0.25, 0.3) is 0 Å². The molecule has 1 nitrogen and oxygen atoms in total. The number of aryl methyl sites for hydroxylation is 3. The van der Waals surface area contributed by atoms with Crippen LogP contribution in [0.3, 0.4) is 0 Å². The molecule has 102 valence electrons. The summed E-state index contributed by atoms with van der Waals surface area (Å²) in [5.41, 5.74) is 5.71. The highest BCUT2D eigenvalue weighted by Gasteiger charge is 2.15. The molecule has 0 aliphatic heterocycles.